The predicted molar refractivity (Wildman–Crippen MR) is 387 cm³/mol. The van der Waals surface area contributed by atoms with Crippen molar-refractivity contribution in [3.05, 3.63) is 37.4 Å². The summed E-state index contributed by atoms with van der Waals surface area (Å²) in [5.41, 5.74) is -3.13. The molecule has 0 amide bonds. The fourth-order valence-electron chi connectivity index (χ4n) is 15.1. The van der Waals surface area contributed by atoms with Gasteiger partial charge >= 0.3 is 0 Å². The lowest BCUT2D eigenvalue weighted by molar-refractivity contribution is -0.0458. The van der Waals surface area contributed by atoms with Crippen LogP contribution in [-0.4, -0.2) is 266 Å². The Balaban J connectivity index is 0.000000210. The van der Waals surface area contributed by atoms with E-state index in [2.05, 4.69) is 93.8 Å². The van der Waals surface area contributed by atoms with E-state index in [0.717, 1.165) is 269 Å². The summed E-state index contributed by atoms with van der Waals surface area (Å²) in [7, 11) is 2.17. The van der Waals surface area contributed by atoms with Crippen molar-refractivity contribution < 1.29 is 56.2 Å². The van der Waals surface area contributed by atoms with E-state index in [1.165, 1.54) is 12.8 Å². The van der Waals surface area contributed by atoms with Gasteiger partial charge in [0.15, 0.2) is 0 Å². The van der Waals surface area contributed by atoms with Gasteiger partial charge in [0.05, 0.1) is 85.9 Å². The third-order valence-electron chi connectivity index (χ3n) is 23.1. The van der Waals surface area contributed by atoms with Crippen molar-refractivity contribution in [1.82, 2.24) is 54.7 Å². The number of piperidine rings is 1. The first-order valence-electron chi connectivity index (χ1n) is 38.6. The van der Waals surface area contributed by atoms with Gasteiger partial charge in [-0.1, -0.05) is 41.5 Å². The van der Waals surface area contributed by atoms with Crippen molar-refractivity contribution in [3.8, 4) is 0 Å². The Morgan fingerprint density at radius 3 is 1.31 bits per heavy atom. The Kier molecular flexibility index (Phi) is 39.0. The maximum absolute atomic E-state index is 10.6. The number of likely N-dealkylation sites (tertiary alicyclic amines) is 1. The van der Waals surface area contributed by atoms with Crippen molar-refractivity contribution >= 4 is 0 Å². The van der Waals surface area contributed by atoms with E-state index in [1.54, 1.807) is 18.7 Å². The molecule has 10 rings (SSSR count). The average molecular weight is 1380 g/mol. The van der Waals surface area contributed by atoms with E-state index in [1.807, 2.05) is 28.2 Å². The van der Waals surface area contributed by atoms with Crippen LogP contribution in [0.15, 0.2) is 37.4 Å². The molecule has 0 atom stereocenters. The van der Waals surface area contributed by atoms with Crippen LogP contribution in [0.4, 0.5) is 0 Å². The number of piperazine rings is 1. The molecule has 0 aromatic carbocycles. The fraction of sp³-hybridized carbons (Fsp3) is 0.920. The monoisotopic (exact) mass is 1380 g/mol. The van der Waals surface area contributed by atoms with Gasteiger partial charge in [-0.25, -0.2) is 9.97 Å². The molecule has 0 bridgehead atoms. The Hall–Kier alpha value is -2.30. The van der Waals surface area contributed by atoms with Crippen LogP contribution in [0, 0.1) is 35.5 Å². The van der Waals surface area contributed by atoms with Crippen LogP contribution in [0.5, 0.6) is 0 Å². The number of aromatic nitrogens is 4. The number of nitrogens with one attached hydrogen (secondary N) is 3. The number of aliphatic hydroxyl groups excluding tert-OH is 5. The predicted octanol–water partition coefficient (Wildman–Crippen LogP) is 6.17. The number of likely N-dealkylation sites (N-methyl/N-ethyl adjacent to an activating group) is 1. The number of aryl methyl sites for hydroxylation is 1. The maximum atomic E-state index is 10.6. The van der Waals surface area contributed by atoms with E-state index < -0.39 is 28.1 Å². The Labute approximate surface area is 586 Å². The van der Waals surface area contributed by atoms with Crippen LogP contribution in [0.2, 0.25) is 0 Å². The summed E-state index contributed by atoms with van der Waals surface area (Å²) in [6, 6.07) is -0.312. The molecular formula is C75H145N11O11. The van der Waals surface area contributed by atoms with Crippen molar-refractivity contribution in [2.24, 2.45) is 35.5 Å². The minimum Gasteiger partial charge on any atom is -0.395 e. The summed E-state index contributed by atoms with van der Waals surface area (Å²) < 4.78 is 4.06. The van der Waals surface area contributed by atoms with Crippen LogP contribution >= 0.6 is 0 Å². The lowest BCUT2D eigenvalue weighted by Gasteiger charge is -2.41. The Bertz CT molecular complexity index is 2110. The Morgan fingerprint density at radius 1 is 0.485 bits per heavy atom. The van der Waals surface area contributed by atoms with E-state index >= 15 is 0 Å². The van der Waals surface area contributed by atoms with Gasteiger partial charge in [0.1, 0.15) is 5.72 Å². The zero-order chi connectivity index (χ0) is 70.8. The number of aliphatic hydroxyl groups is 11. The number of nitrogens with zero attached hydrogens (tertiary/aromatic N) is 8. The number of rotatable bonds is 25. The fourth-order valence-corrected chi connectivity index (χ4v) is 15.1. The minimum absolute atomic E-state index is 0.0759. The third-order valence-corrected chi connectivity index (χ3v) is 23.1. The first-order valence-corrected chi connectivity index (χ1v) is 38.6. The SMILES string of the molecule is CC1CCC(O)(CCNCn2ccnc2)CC1.CC1CCC(O)(CN(CCO)CCO)CC1.CC1CCC(O)(CN2CCC(O)CC2)CC1.CC1CCC(O)(CN2CCN(C)CC2)CC1.CC1CCC(O)(CNC(CO)CO)CC1.CC1CCC(O)(NCCCn2ccnc2)CC1. The highest BCUT2D eigenvalue weighted by Crippen LogP contribution is 2.37. The van der Waals surface area contributed by atoms with Crippen LogP contribution in [-0.2, 0) is 13.2 Å². The molecule has 6 aliphatic carbocycles. The summed E-state index contributed by atoms with van der Waals surface area (Å²) in [4.78, 5) is 17.1. The quantitative estimate of drug-likeness (QED) is 0.0391. The maximum Gasteiger partial charge on any atom is 0.116 e. The minimum atomic E-state index is -0.644. The zero-order valence-electron chi connectivity index (χ0n) is 62.0. The van der Waals surface area contributed by atoms with Crippen molar-refractivity contribution in [2.45, 2.75) is 280 Å². The molecule has 566 valence electrons. The lowest BCUT2D eigenvalue weighted by Crippen LogP contribution is -2.51. The van der Waals surface area contributed by atoms with Crippen molar-refractivity contribution in [2.75, 3.05) is 125 Å². The van der Waals surface area contributed by atoms with E-state index in [4.69, 9.17) is 20.4 Å². The van der Waals surface area contributed by atoms with Gasteiger partial charge in [0, 0.05) is 110 Å². The highest BCUT2D eigenvalue weighted by molar-refractivity contribution is 4.93. The highest BCUT2D eigenvalue weighted by atomic mass is 16.3. The van der Waals surface area contributed by atoms with Gasteiger partial charge in [-0.15, -0.1) is 0 Å². The molecule has 2 aliphatic heterocycles. The second-order valence-corrected chi connectivity index (χ2v) is 32.6. The van der Waals surface area contributed by atoms with E-state index in [-0.39, 0.29) is 44.2 Å². The van der Waals surface area contributed by atoms with Crippen LogP contribution in [0.3, 0.4) is 0 Å². The molecule has 0 unspecified atom stereocenters. The molecule has 0 radical (unpaired) electrons. The molecular weight excluding hydrogens is 1230 g/mol. The smallest absolute Gasteiger partial charge is 0.116 e. The first-order chi connectivity index (χ1) is 46.2. The molecule has 22 nitrogen and oxygen atoms in total. The van der Waals surface area contributed by atoms with E-state index in [0.29, 0.717) is 38.0 Å². The molecule has 2 aromatic rings. The molecule has 97 heavy (non-hydrogen) atoms. The molecule has 8 aliphatic rings. The van der Waals surface area contributed by atoms with Gasteiger partial charge in [0.2, 0.25) is 0 Å². The summed E-state index contributed by atoms with van der Waals surface area (Å²) in [5.74, 6) is 4.56. The number of imidazole rings is 2. The zero-order valence-corrected chi connectivity index (χ0v) is 62.0. The average Bonchev–Trinajstić information content (AvgIpc) is 2.14. The van der Waals surface area contributed by atoms with Crippen LogP contribution in [0.25, 0.3) is 0 Å². The standard InChI is InChI=1S/2C13H23N3O.C13H26N2O.C13H25NO2.C12H25NO3.C11H23NO3/c1-12-3-5-13(17,6-4-12)15-7-2-9-16-10-8-14-11-16;1-12-2-4-13(17,5-3-12)6-7-14-10-16-9-8-15-11-16;1-12-3-5-13(16,6-4-12)11-15-9-7-14(2)8-10-15;1-11-2-6-13(16,7-3-11)10-14-8-4-12(15)5-9-14;1-11-2-4-12(16,5-3-11)10-13(6-8-14)7-9-15;1-9-2-4-11(15,5-3-9)8-12-10(6-13)7-14/h8,10-12,15,17H,2-7,9H2,1H3;8-9,11-12,14,17H,2-7,10H2,1H3;12,16H,3-11H2,1-2H3;11-12,15-16H,2-10H2,1H3;11,14-16H,2-10H2,1H3;9-10,12-15H,2-8H2,1H3. The largest absolute Gasteiger partial charge is 0.395 e. The molecule has 0 spiro atoms. The molecule has 4 heterocycles. The normalized spacial score (nSPS) is 33.2. The van der Waals surface area contributed by atoms with Crippen LogP contribution in [0.1, 0.15) is 221 Å². The number of β-amino-alcohol motifs (C(OH)–C–C–N with tert-alkyl or cyclic N) is 2. The summed E-state index contributed by atoms with van der Waals surface area (Å²) in [6.45, 7) is 27.2. The summed E-state index contributed by atoms with van der Waals surface area (Å²) in [6.07, 6.45) is 39.1. The summed E-state index contributed by atoms with van der Waals surface area (Å²) in [5, 5.41) is 117. The second-order valence-electron chi connectivity index (χ2n) is 32.6. The Morgan fingerprint density at radius 2 is 0.887 bits per heavy atom. The third kappa shape index (κ3) is 34.7. The molecule has 2 aromatic heterocycles. The highest BCUT2D eigenvalue weighted by Gasteiger charge is 2.38. The van der Waals surface area contributed by atoms with Gasteiger partial charge in [-0.3, -0.25) is 20.4 Å². The molecule has 8 fully saturated rings. The molecule has 6 saturated carbocycles. The van der Waals surface area contributed by atoms with Gasteiger partial charge in [-0.2, -0.15) is 0 Å². The lowest BCUT2D eigenvalue weighted by atomic mass is 9.78. The van der Waals surface area contributed by atoms with Crippen LogP contribution < -0.4 is 16.0 Å². The van der Waals surface area contributed by atoms with Crippen molar-refractivity contribution in [1.29, 1.82) is 0 Å². The van der Waals surface area contributed by atoms with Gasteiger partial charge in [0.25, 0.3) is 0 Å². The second kappa shape index (κ2) is 44.4. The van der Waals surface area contributed by atoms with Gasteiger partial charge < -0.3 is 80.4 Å². The topological polar surface area (TPSA) is 307 Å². The first kappa shape index (κ1) is 85.3. The number of hydrogen-bond acceptors (Lipinski definition) is 20. The summed E-state index contributed by atoms with van der Waals surface area (Å²) >= 11 is 0. The molecule has 2 saturated heterocycles. The van der Waals surface area contributed by atoms with Gasteiger partial charge in [-0.05, 0) is 235 Å². The van der Waals surface area contributed by atoms with E-state index in [9.17, 15) is 35.7 Å². The molecule has 14 N–H and O–H groups in total. The number of hydrogen-bond donors (Lipinski definition) is 14. The molecule has 22 heteroatoms. The van der Waals surface area contributed by atoms with Crippen molar-refractivity contribution in [3.63, 3.8) is 0 Å².